The number of hydrogen-bond acceptors (Lipinski definition) is 3. The van der Waals surface area contributed by atoms with Gasteiger partial charge in [-0.3, -0.25) is 0 Å². The number of halogens is 1. The van der Waals surface area contributed by atoms with Gasteiger partial charge in [-0.15, -0.1) is 0 Å². The van der Waals surface area contributed by atoms with Gasteiger partial charge in [0.2, 0.25) is 0 Å². The van der Waals surface area contributed by atoms with Gasteiger partial charge in [0.05, 0.1) is 6.61 Å². The van der Waals surface area contributed by atoms with E-state index in [0.29, 0.717) is 0 Å². The van der Waals surface area contributed by atoms with Crippen LogP contribution < -0.4 is 0 Å². The van der Waals surface area contributed by atoms with Crippen LogP contribution in [0.3, 0.4) is 0 Å². The van der Waals surface area contributed by atoms with E-state index in [-0.39, 0.29) is 17.8 Å². The molecule has 0 aromatic heterocycles. The van der Waals surface area contributed by atoms with Crippen LogP contribution in [-0.4, -0.2) is 48.3 Å². The summed E-state index contributed by atoms with van der Waals surface area (Å²) >= 11 is 1.89. The monoisotopic (exact) mass is 311 g/mol. The maximum Gasteiger partial charge on any atom is 0.123 e. The van der Waals surface area contributed by atoms with Crippen molar-refractivity contribution in [2.45, 2.75) is 25.7 Å². The average molecular weight is 311 g/mol. The summed E-state index contributed by atoms with van der Waals surface area (Å²) in [6.45, 7) is 3.42. The van der Waals surface area contributed by atoms with E-state index in [1.54, 1.807) is 0 Å². The van der Waals surface area contributed by atoms with E-state index in [1.165, 1.54) is 24.3 Å². The summed E-state index contributed by atoms with van der Waals surface area (Å²) in [4.78, 5) is 2.49. The minimum absolute atomic E-state index is 0.0601. The number of benzene rings is 1. The van der Waals surface area contributed by atoms with Crippen LogP contribution in [0.5, 0.6) is 0 Å². The van der Waals surface area contributed by atoms with Crippen molar-refractivity contribution in [3.63, 3.8) is 0 Å². The summed E-state index contributed by atoms with van der Waals surface area (Å²) < 4.78 is 13.0. The van der Waals surface area contributed by atoms with Crippen LogP contribution in [0.25, 0.3) is 0 Å². The number of thioether (sulfide) groups is 1. The molecule has 0 spiro atoms. The first-order valence-electron chi connectivity index (χ1n) is 7.74. The zero-order chi connectivity index (χ0) is 15.1. The Morgan fingerprint density at radius 2 is 2.10 bits per heavy atom. The van der Waals surface area contributed by atoms with Crippen LogP contribution in [-0.2, 0) is 6.42 Å². The van der Waals surface area contributed by atoms with E-state index >= 15 is 0 Å². The fourth-order valence-electron chi connectivity index (χ4n) is 3.30. The molecule has 0 aliphatic carbocycles. The number of hydrogen-bond donors (Lipinski definition) is 1. The van der Waals surface area contributed by atoms with Gasteiger partial charge >= 0.3 is 0 Å². The molecule has 1 saturated heterocycles. The molecule has 1 fully saturated rings. The highest BCUT2D eigenvalue weighted by molar-refractivity contribution is 7.98. The second kappa shape index (κ2) is 8.16. The van der Waals surface area contributed by atoms with Gasteiger partial charge in [-0.05, 0) is 68.5 Å². The Hall–Kier alpha value is -0.580. The third-order valence-electron chi connectivity index (χ3n) is 4.39. The largest absolute Gasteiger partial charge is 0.396 e. The van der Waals surface area contributed by atoms with Gasteiger partial charge in [-0.2, -0.15) is 11.8 Å². The first-order valence-corrected chi connectivity index (χ1v) is 9.13. The zero-order valence-electron chi connectivity index (χ0n) is 12.9. The zero-order valence-corrected chi connectivity index (χ0v) is 13.7. The van der Waals surface area contributed by atoms with Crippen LogP contribution >= 0.6 is 11.8 Å². The molecule has 4 heteroatoms. The van der Waals surface area contributed by atoms with Gasteiger partial charge in [0, 0.05) is 12.0 Å². The van der Waals surface area contributed by atoms with E-state index in [0.717, 1.165) is 44.5 Å². The smallest absolute Gasteiger partial charge is 0.123 e. The quantitative estimate of drug-likeness (QED) is 0.782. The van der Waals surface area contributed by atoms with Gasteiger partial charge in [-0.1, -0.05) is 12.1 Å². The molecule has 1 aliphatic heterocycles. The first kappa shape index (κ1) is 16.8. The molecule has 1 N–H and O–H groups in total. The third kappa shape index (κ3) is 4.97. The molecule has 1 heterocycles. The lowest BCUT2D eigenvalue weighted by Crippen LogP contribution is -2.47. The highest BCUT2D eigenvalue weighted by Gasteiger charge is 2.34. The Bertz CT molecular complexity index is 425. The molecule has 0 amide bonds. The molecular weight excluding hydrogens is 285 g/mol. The maximum absolute atomic E-state index is 13.0. The van der Waals surface area contributed by atoms with Crippen LogP contribution in [0.15, 0.2) is 24.3 Å². The van der Waals surface area contributed by atoms with Crippen LogP contribution in [0.1, 0.15) is 24.8 Å². The van der Waals surface area contributed by atoms with Gasteiger partial charge in [0.25, 0.3) is 0 Å². The molecule has 1 aliphatic rings. The summed E-state index contributed by atoms with van der Waals surface area (Å²) in [5.41, 5.74) is 1.06. The highest BCUT2D eigenvalue weighted by Crippen LogP contribution is 2.33. The van der Waals surface area contributed by atoms with Crippen LogP contribution in [0.2, 0.25) is 0 Å². The molecule has 1 aromatic rings. The highest BCUT2D eigenvalue weighted by atomic mass is 32.2. The summed E-state index contributed by atoms with van der Waals surface area (Å²) in [6.07, 6.45) is 6.38. The third-order valence-corrected chi connectivity index (χ3v) is 5.09. The predicted molar refractivity (Wildman–Crippen MR) is 88.3 cm³/mol. The summed E-state index contributed by atoms with van der Waals surface area (Å²) in [7, 11) is 0. The maximum atomic E-state index is 13.0. The lowest BCUT2D eigenvalue weighted by molar-refractivity contribution is 0.0326. The van der Waals surface area contributed by atoms with Crippen molar-refractivity contribution in [3.05, 3.63) is 35.6 Å². The normalized spacial score (nSPS) is 23.4. The van der Waals surface area contributed by atoms with E-state index in [2.05, 4.69) is 11.2 Å². The molecule has 0 unspecified atom stereocenters. The molecule has 0 radical (unpaired) electrons. The topological polar surface area (TPSA) is 23.5 Å². The number of rotatable bonds is 7. The van der Waals surface area contributed by atoms with Crippen molar-refractivity contribution in [3.8, 4) is 0 Å². The van der Waals surface area contributed by atoms with Crippen LogP contribution in [0.4, 0.5) is 4.39 Å². The Labute approximate surface area is 131 Å². The fraction of sp³-hybridized carbons (Fsp3) is 0.647. The lowest BCUT2D eigenvalue weighted by Gasteiger charge is -2.42. The Morgan fingerprint density at radius 3 is 2.76 bits per heavy atom. The Balaban J connectivity index is 1.97. The van der Waals surface area contributed by atoms with Crippen molar-refractivity contribution in [2.75, 3.05) is 38.2 Å². The minimum Gasteiger partial charge on any atom is -0.396 e. The number of aliphatic hydroxyl groups excluding tert-OH is 1. The fourth-order valence-corrected chi connectivity index (χ4v) is 3.72. The summed E-state index contributed by atoms with van der Waals surface area (Å²) in [6, 6.07) is 6.72. The summed E-state index contributed by atoms with van der Waals surface area (Å²) in [5.74, 6) is 1.000. The molecule has 21 heavy (non-hydrogen) atoms. The molecule has 1 aromatic carbocycles. The van der Waals surface area contributed by atoms with Gasteiger partial charge in [-0.25, -0.2) is 4.39 Å². The molecule has 118 valence electrons. The Kier molecular flexibility index (Phi) is 6.52. The molecule has 1 atom stereocenters. The second-order valence-corrected chi connectivity index (χ2v) is 7.17. The lowest BCUT2D eigenvalue weighted by atomic mass is 9.75. The van der Waals surface area contributed by atoms with Gasteiger partial charge in [0.1, 0.15) is 5.82 Å². The van der Waals surface area contributed by atoms with Crippen molar-refractivity contribution in [1.29, 1.82) is 0 Å². The molecule has 0 bridgehead atoms. The molecule has 2 rings (SSSR count). The average Bonchev–Trinajstić information content (AvgIpc) is 2.50. The molecular formula is C17H26FNOS. The Morgan fingerprint density at radius 1 is 1.33 bits per heavy atom. The van der Waals surface area contributed by atoms with E-state index in [4.69, 9.17) is 0 Å². The number of nitrogens with zero attached hydrogens (tertiary/aromatic N) is 1. The summed E-state index contributed by atoms with van der Waals surface area (Å²) in [5, 5.41) is 9.94. The van der Waals surface area contributed by atoms with Crippen molar-refractivity contribution in [2.24, 2.45) is 5.41 Å². The SMILES string of the molecule is CSCCCN1CCC[C@@](CO)(Cc2ccc(F)cc2)C1. The first-order chi connectivity index (χ1) is 10.2. The standard InChI is InChI=1S/C17H26FNOS/c1-21-11-3-10-19-9-2-8-17(13-19,14-20)12-15-4-6-16(18)7-5-15/h4-7,20H,2-3,8-14H2,1H3/t17-/m1/s1. The van der Waals surface area contributed by atoms with Gasteiger partial charge in [0.15, 0.2) is 0 Å². The van der Waals surface area contributed by atoms with Crippen molar-refractivity contribution in [1.82, 2.24) is 4.90 Å². The van der Waals surface area contributed by atoms with Crippen molar-refractivity contribution >= 4 is 11.8 Å². The molecule has 2 nitrogen and oxygen atoms in total. The number of piperidine rings is 1. The molecule has 0 saturated carbocycles. The van der Waals surface area contributed by atoms with E-state index < -0.39 is 0 Å². The van der Waals surface area contributed by atoms with E-state index in [1.807, 2.05) is 23.9 Å². The number of likely N-dealkylation sites (tertiary alicyclic amines) is 1. The number of aliphatic hydroxyl groups is 1. The minimum atomic E-state index is -0.195. The second-order valence-electron chi connectivity index (χ2n) is 6.19. The predicted octanol–water partition coefficient (Wildman–Crippen LogP) is 3.20. The van der Waals surface area contributed by atoms with Gasteiger partial charge < -0.3 is 10.0 Å². The van der Waals surface area contributed by atoms with E-state index in [9.17, 15) is 9.50 Å². The van der Waals surface area contributed by atoms with Crippen molar-refractivity contribution < 1.29 is 9.50 Å². The van der Waals surface area contributed by atoms with Crippen LogP contribution in [0, 0.1) is 11.2 Å².